The topological polar surface area (TPSA) is 78.5 Å². The van der Waals surface area contributed by atoms with Gasteiger partial charge in [-0.05, 0) is 56.9 Å². The van der Waals surface area contributed by atoms with Crippen LogP contribution in [0.15, 0.2) is 24.3 Å². The summed E-state index contributed by atoms with van der Waals surface area (Å²) in [6.07, 6.45) is 1.63. The van der Waals surface area contributed by atoms with Crippen LogP contribution in [0, 0.1) is 20.8 Å². The van der Waals surface area contributed by atoms with Gasteiger partial charge in [-0.2, -0.15) is 5.10 Å². The number of ether oxygens (including phenoxy) is 1. The Labute approximate surface area is 154 Å². The molecule has 6 heteroatoms. The molecule has 3 rings (SSSR count). The van der Waals surface area contributed by atoms with Crippen molar-refractivity contribution in [2.45, 2.75) is 45.6 Å². The molecular weight excluding hydrogens is 330 g/mol. The molecule has 1 aromatic carbocycles. The molecule has 0 saturated carbocycles. The summed E-state index contributed by atoms with van der Waals surface area (Å²) in [6.45, 7) is 7.00. The maximum absolute atomic E-state index is 12.5. The monoisotopic (exact) mass is 357 g/mol. The van der Waals surface area contributed by atoms with E-state index < -0.39 is 5.60 Å². The van der Waals surface area contributed by atoms with Crippen molar-refractivity contribution in [1.82, 2.24) is 15.1 Å². The molecule has 6 nitrogen and oxygen atoms in total. The van der Waals surface area contributed by atoms with Gasteiger partial charge in [0.05, 0.1) is 12.2 Å². The first-order valence-electron chi connectivity index (χ1n) is 9.06. The van der Waals surface area contributed by atoms with Crippen LogP contribution in [0.25, 0.3) is 0 Å². The molecule has 0 bridgehead atoms. The smallest absolute Gasteiger partial charge is 0.223 e. The van der Waals surface area contributed by atoms with Crippen molar-refractivity contribution in [3.05, 3.63) is 46.8 Å². The fraction of sp³-hybridized carbons (Fsp3) is 0.500. The summed E-state index contributed by atoms with van der Waals surface area (Å²) >= 11 is 0. The lowest BCUT2D eigenvalue weighted by atomic mass is 10.1. The van der Waals surface area contributed by atoms with Crippen LogP contribution in [0.1, 0.15) is 35.4 Å². The predicted octanol–water partition coefficient (Wildman–Crippen LogP) is 2.31. The number of rotatable bonds is 6. The average molecular weight is 357 g/mol. The number of hydrogen-bond acceptors (Lipinski definition) is 4. The Hall–Kier alpha value is -2.34. The number of nitrogens with one attached hydrogen (secondary N) is 1. The van der Waals surface area contributed by atoms with E-state index in [1.807, 2.05) is 45.0 Å². The highest BCUT2D eigenvalue weighted by Crippen LogP contribution is 2.24. The van der Waals surface area contributed by atoms with Crippen LogP contribution >= 0.6 is 0 Å². The van der Waals surface area contributed by atoms with E-state index in [-0.39, 0.29) is 12.5 Å². The van der Waals surface area contributed by atoms with E-state index in [1.165, 1.54) is 0 Å². The quantitative estimate of drug-likeness (QED) is 0.832. The van der Waals surface area contributed by atoms with Crippen LogP contribution in [-0.4, -0.2) is 51.4 Å². The second-order valence-electron chi connectivity index (χ2n) is 7.31. The van der Waals surface area contributed by atoms with Crippen molar-refractivity contribution in [3.8, 4) is 5.75 Å². The van der Waals surface area contributed by atoms with Gasteiger partial charge >= 0.3 is 0 Å². The van der Waals surface area contributed by atoms with Crippen LogP contribution in [0.4, 0.5) is 0 Å². The number of aromatic amines is 1. The number of aryl methyl sites for hydroxylation is 3. The Kier molecular flexibility index (Phi) is 5.32. The molecule has 1 saturated heterocycles. The molecule has 1 aliphatic rings. The molecule has 2 aromatic rings. The molecule has 1 atom stereocenters. The highest BCUT2D eigenvalue weighted by molar-refractivity contribution is 5.77. The van der Waals surface area contributed by atoms with Gasteiger partial charge in [0.25, 0.3) is 0 Å². The Bertz CT molecular complexity index is 767. The standard InChI is InChI=1S/C20H27N3O3/c1-14-5-4-6-17(11-14)26-13-20(25)9-10-23(12-20)19(24)8-7-18-15(2)21-22-16(18)3/h4-6,11,25H,7-10,12-13H2,1-3H3,(H,21,22)/t20-/m1/s1. The van der Waals surface area contributed by atoms with Gasteiger partial charge in [0.1, 0.15) is 18.0 Å². The van der Waals surface area contributed by atoms with Crippen molar-refractivity contribution in [3.63, 3.8) is 0 Å². The van der Waals surface area contributed by atoms with Gasteiger partial charge in [-0.3, -0.25) is 9.89 Å². The van der Waals surface area contributed by atoms with Crippen LogP contribution < -0.4 is 4.74 Å². The molecule has 140 valence electrons. The fourth-order valence-corrected chi connectivity index (χ4v) is 3.44. The zero-order valence-electron chi connectivity index (χ0n) is 15.7. The number of β-amino-alcohol motifs (C(OH)–C–C–N with tert-alkyl or cyclic N) is 1. The Morgan fingerprint density at radius 1 is 1.38 bits per heavy atom. The maximum Gasteiger partial charge on any atom is 0.223 e. The number of carbonyl (C=O) groups is 1. The lowest BCUT2D eigenvalue weighted by Gasteiger charge is -2.23. The summed E-state index contributed by atoms with van der Waals surface area (Å²) in [4.78, 5) is 14.3. The Morgan fingerprint density at radius 2 is 2.19 bits per heavy atom. The third-order valence-corrected chi connectivity index (χ3v) is 5.05. The molecule has 0 aliphatic carbocycles. The first-order valence-corrected chi connectivity index (χ1v) is 9.06. The number of H-pyrrole nitrogens is 1. The first-order chi connectivity index (χ1) is 12.4. The van der Waals surface area contributed by atoms with E-state index in [0.717, 1.165) is 28.3 Å². The van der Waals surface area contributed by atoms with Gasteiger partial charge < -0.3 is 14.7 Å². The van der Waals surface area contributed by atoms with Gasteiger partial charge in [-0.1, -0.05) is 12.1 Å². The minimum atomic E-state index is -0.985. The number of aromatic nitrogens is 2. The predicted molar refractivity (Wildman–Crippen MR) is 99.2 cm³/mol. The molecule has 1 aliphatic heterocycles. The zero-order valence-corrected chi connectivity index (χ0v) is 15.7. The number of likely N-dealkylation sites (tertiary alicyclic amines) is 1. The van der Waals surface area contributed by atoms with E-state index in [0.29, 0.717) is 32.4 Å². The molecule has 0 unspecified atom stereocenters. The fourth-order valence-electron chi connectivity index (χ4n) is 3.44. The summed E-state index contributed by atoms with van der Waals surface area (Å²) in [7, 11) is 0. The van der Waals surface area contributed by atoms with Crippen molar-refractivity contribution >= 4 is 5.91 Å². The van der Waals surface area contributed by atoms with Crippen molar-refractivity contribution in [2.75, 3.05) is 19.7 Å². The zero-order chi connectivity index (χ0) is 18.7. The molecule has 1 amide bonds. The Balaban J connectivity index is 1.51. The largest absolute Gasteiger partial charge is 0.491 e. The van der Waals surface area contributed by atoms with Gasteiger partial charge in [0.2, 0.25) is 5.91 Å². The summed E-state index contributed by atoms with van der Waals surface area (Å²) < 4.78 is 5.75. The van der Waals surface area contributed by atoms with Crippen molar-refractivity contribution in [1.29, 1.82) is 0 Å². The molecule has 2 heterocycles. The lowest BCUT2D eigenvalue weighted by molar-refractivity contribution is -0.131. The van der Waals surface area contributed by atoms with Crippen molar-refractivity contribution in [2.24, 2.45) is 0 Å². The first kappa shape index (κ1) is 18.5. The highest BCUT2D eigenvalue weighted by Gasteiger charge is 2.38. The molecular formula is C20H27N3O3. The third-order valence-electron chi connectivity index (χ3n) is 5.05. The average Bonchev–Trinajstić information content (AvgIpc) is 3.15. The van der Waals surface area contributed by atoms with E-state index >= 15 is 0 Å². The minimum Gasteiger partial charge on any atom is -0.491 e. The molecule has 1 fully saturated rings. The number of amides is 1. The molecule has 0 radical (unpaired) electrons. The summed E-state index contributed by atoms with van der Waals surface area (Å²) in [6, 6.07) is 7.75. The van der Waals surface area contributed by atoms with E-state index in [4.69, 9.17) is 4.74 Å². The number of nitrogens with zero attached hydrogens (tertiary/aromatic N) is 2. The van der Waals surface area contributed by atoms with Crippen LogP contribution in [0.2, 0.25) is 0 Å². The molecule has 0 spiro atoms. The summed E-state index contributed by atoms with van der Waals surface area (Å²) in [5, 5.41) is 17.9. The highest BCUT2D eigenvalue weighted by atomic mass is 16.5. The van der Waals surface area contributed by atoms with E-state index in [9.17, 15) is 9.90 Å². The SMILES string of the molecule is Cc1cccc(OC[C@@]2(O)CCN(C(=O)CCc3c(C)n[nH]c3C)C2)c1. The van der Waals surface area contributed by atoms with Gasteiger partial charge in [-0.25, -0.2) is 0 Å². The second-order valence-corrected chi connectivity index (χ2v) is 7.31. The number of aliphatic hydroxyl groups is 1. The molecule has 26 heavy (non-hydrogen) atoms. The van der Waals surface area contributed by atoms with Crippen molar-refractivity contribution < 1.29 is 14.6 Å². The normalized spacial score (nSPS) is 19.8. The summed E-state index contributed by atoms with van der Waals surface area (Å²) in [5.41, 5.74) is 3.19. The van der Waals surface area contributed by atoms with E-state index in [2.05, 4.69) is 10.2 Å². The number of benzene rings is 1. The molecule has 2 N–H and O–H groups in total. The number of hydrogen-bond donors (Lipinski definition) is 2. The van der Waals surface area contributed by atoms with Gasteiger partial charge in [0.15, 0.2) is 0 Å². The Morgan fingerprint density at radius 3 is 2.88 bits per heavy atom. The van der Waals surface area contributed by atoms with Gasteiger partial charge in [-0.15, -0.1) is 0 Å². The number of carbonyl (C=O) groups excluding carboxylic acids is 1. The maximum atomic E-state index is 12.5. The van der Waals surface area contributed by atoms with Gasteiger partial charge in [0, 0.05) is 18.7 Å². The van der Waals surface area contributed by atoms with Crippen LogP contribution in [0.5, 0.6) is 5.75 Å². The summed E-state index contributed by atoms with van der Waals surface area (Å²) in [5.74, 6) is 0.811. The lowest BCUT2D eigenvalue weighted by Crippen LogP contribution is -2.40. The minimum absolute atomic E-state index is 0.0662. The van der Waals surface area contributed by atoms with Crippen LogP contribution in [-0.2, 0) is 11.2 Å². The third kappa shape index (κ3) is 4.25. The molecule has 1 aromatic heterocycles. The van der Waals surface area contributed by atoms with Crippen LogP contribution in [0.3, 0.4) is 0 Å². The second kappa shape index (κ2) is 7.50. The van der Waals surface area contributed by atoms with E-state index in [1.54, 1.807) is 4.90 Å².